The Bertz CT molecular complexity index is 425. The van der Waals surface area contributed by atoms with Crippen molar-refractivity contribution in [3.05, 3.63) is 30.3 Å². The van der Waals surface area contributed by atoms with Gasteiger partial charge in [-0.2, -0.15) is 0 Å². The van der Waals surface area contributed by atoms with Crippen LogP contribution in [0.3, 0.4) is 0 Å². The molecule has 1 atom stereocenters. The topological polar surface area (TPSA) is 94.8 Å². The van der Waals surface area contributed by atoms with Crippen molar-refractivity contribution in [2.45, 2.75) is 6.42 Å². The smallest absolute Gasteiger partial charge is 0.325 e. The van der Waals surface area contributed by atoms with Gasteiger partial charge in [0, 0.05) is 11.5 Å². The fourth-order valence-corrected chi connectivity index (χ4v) is 3.58. The van der Waals surface area contributed by atoms with E-state index in [1.807, 2.05) is 0 Å². The number of hydrogen-bond donors (Lipinski definition) is 3. The lowest BCUT2D eigenvalue weighted by atomic mass is 10.4. The van der Waals surface area contributed by atoms with Gasteiger partial charge in [0.1, 0.15) is 0 Å². The van der Waals surface area contributed by atoms with Crippen LogP contribution >= 0.6 is 15.0 Å². The summed E-state index contributed by atoms with van der Waals surface area (Å²) in [5.41, 5.74) is 0. The van der Waals surface area contributed by atoms with Crippen LogP contribution in [-0.4, -0.2) is 27.0 Å². The summed E-state index contributed by atoms with van der Waals surface area (Å²) < 4.78 is 22.4. The van der Waals surface area contributed by atoms with Crippen LogP contribution in [-0.2, 0) is 9.13 Å². The monoisotopic (exact) mass is 264 g/mol. The molecular formula is C9H14O5P2. The van der Waals surface area contributed by atoms with Crippen LogP contribution < -0.4 is 5.30 Å². The van der Waals surface area contributed by atoms with Crippen LogP contribution in [0.15, 0.2) is 30.3 Å². The van der Waals surface area contributed by atoms with Crippen LogP contribution in [0.25, 0.3) is 0 Å². The lowest BCUT2D eigenvalue weighted by Gasteiger charge is -2.11. The third-order valence-corrected chi connectivity index (χ3v) is 5.00. The molecule has 5 nitrogen and oxygen atoms in total. The summed E-state index contributed by atoms with van der Waals surface area (Å²) in [6, 6.07) is 8.12. The van der Waals surface area contributed by atoms with Gasteiger partial charge in [-0.15, -0.1) is 0 Å². The Morgan fingerprint density at radius 2 is 1.50 bits per heavy atom. The minimum absolute atomic E-state index is 0.0347. The molecule has 90 valence electrons. The molecule has 1 unspecified atom stereocenters. The van der Waals surface area contributed by atoms with Gasteiger partial charge in [-0.25, -0.2) is 0 Å². The van der Waals surface area contributed by atoms with Gasteiger partial charge in [0.25, 0.3) is 0 Å². The van der Waals surface area contributed by atoms with Crippen molar-refractivity contribution in [2.24, 2.45) is 0 Å². The molecule has 0 spiro atoms. The normalized spacial score (nSPS) is 15.7. The Balaban J connectivity index is 2.60. The van der Waals surface area contributed by atoms with Crippen LogP contribution in [0, 0.1) is 0 Å². The second-order valence-corrected chi connectivity index (χ2v) is 7.65. The molecule has 0 saturated carbocycles. The van der Waals surface area contributed by atoms with Crippen molar-refractivity contribution in [1.82, 2.24) is 0 Å². The van der Waals surface area contributed by atoms with Gasteiger partial charge in [0.2, 0.25) is 7.37 Å². The van der Waals surface area contributed by atoms with Crippen molar-refractivity contribution in [2.75, 3.05) is 12.3 Å². The molecule has 0 amide bonds. The van der Waals surface area contributed by atoms with E-state index in [0.29, 0.717) is 5.30 Å². The summed E-state index contributed by atoms with van der Waals surface area (Å²) in [6.45, 7) is 0. The first-order chi connectivity index (χ1) is 7.31. The Kier molecular flexibility index (Phi) is 4.48. The molecule has 0 aliphatic rings. The predicted molar refractivity (Wildman–Crippen MR) is 62.3 cm³/mol. The Labute approximate surface area is 93.7 Å². The molecule has 0 radical (unpaired) electrons. The highest BCUT2D eigenvalue weighted by atomic mass is 31.2. The molecular weight excluding hydrogens is 250 g/mol. The first-order valence-corrected chi connectivity index (χ1v) is 8.37. The van der Waals surface area contributed by atoms with Crippen LogP contribution in [0.4, 0.5) is 0 Å². The van der Waals surface area contributed by atoms with Crippen LogP contribution in [0.2, 0.25) is 0 Å². The lowest BCUT2D eigenvalue weighted by molar-refractivity contribution is 0.372. The highest BCUT2D eigenvalue weighted by molar-refractivity contribution is 7.66. The molecule has 0 fully saturated rings. The molecule has 1 rings (SSSR count). The van der Waals surface area contributed by atoms with Gasteiger partial charge in [-0.3, -0.25) is 9.13 Å². The summed E-state index contributed by atoms with van der Waals surface area (Å²) >= 11 is 0. The van der Waals surface area contributed by atoms with Gasteiger partial charge in [0.15, 0.2) is 0 Å². The molecule has 0 aliphatic carbocycles. The van der Waals surface area contributed by atoms with Gasteiger partial charge < -0.3 is 14.7 Å². The zero-order valence-corrected chi connectivity index (χ0v) is 10.3. The van der Waals surface area contributed by atoms with Gasteiger partial charge in [0.05, 0.1) is 6.16 Å². The maximum Gasteiger partial charge on any atom is 0.325 e. The standard InChI is InChI=1S/C9H14O5P2/c10-15(11,7-4-8-16(12,13)14)9-5-2-1-3-6-9/h1-3,5-6H,4,7-8H2,(H,10,11)(H2,12,13,14). The predicted octanol–water partition coefficient (Wildman–Crippen LogP) is 1.15. The van der Waals surface area contributed by atoms with Crippen LogP contribution in [0.5, 0.6) is 0 Å². The zero-order chi connectivity index (χ0) is 12.2. The molecule has 7 heteroatoms. The van der Waals surface area contributed by atoms with E-state index in [-0.39, 0.29) is 18.7 Å². The third kappa shape index (κ3) is 4.60. The molecule has 1 aromatic carbocycles. The van der Waals surface area contributed by atoms with E-state index in [1.165, 1.54) is 12.1 Å². The first-order valence-electron chi connectivity index (χ1n) is 4.73. The minimum Gasteiger partial charge on any atom is -0.341 e. The second-order valence-electron chi connectivity index (χ2n) is 3.50. The third-order valence-electron chi connectivity index (χ3n) is 2.07. The average Bonchev–Trinajstić information content (AvgIpc) is 2.17. The molecule has 0 aromatic heterocycles. The molecule has 16 heavy (non-hydrogen) atoms. The SMILES string of the molecule is O=P(O)(O)CCCP(=O)(O)c1ccccc1. The quantitative estimate of drug-likeness (QED) is 0.693. The summed E-state index contributed by atoms with van der Waals surface area (Å²) in [4.78, 5) is 26.9. The minimum atomic E-state index is -4.08. The van der Waals surface area contributed by atoms with E-state index in [9.17, 15) is 14.0 Å². The fraction of sp³-hybridized carbons (Fsp3) is 0.333. The molecule has 0 aliphatic heterocycles. The maximum atomic E-state index is 11.8. The molecule has 1 aromatic rings. The van der Waals surface area contributed by atoms with E-state index in [2.05, 4.69) is 0 Å². The van der Waals surface area contributed by atoms with Gasteiger partial charge in [-0.1, -0.05) is 18.2 Å². The Hall–Kier alpha value is -0.440. The average molecular weight is 264 g/mol. The van der Waals surface area contributed by atoms with E-state index >= 15 is 0 Å². The first kappa shape index (κ1) is 13.6. The summed E-state index contributed by atoms with van der Waals surface area (Å²) in [7, 11) is -7.55. The maximum absolute atomic E-state index is 11.8. The fourth-order valence-electron chi connectivity index (χ4n) is 1.28. The Morgan fingerprint density at radius 1 is 0.938 bits per heavy atom. The number of hydrogen-bond acceptors (Lipinski definition) is 2. The largest absolute Gasteiger partial charge is 0.341 e. The van der Waals surface area contributed by atoms with E-state index < -0.39 is 15.0 Å². The van der Waals surface area contributed by atoms with Crippen molar-refractivity contribution in [1.29, 1.82) is 0 Å². The van der Waals surface area contributed by atoms with E-state index in [0.717, 1.165) is 0 Å². The van der Waals surface area contributed by atoms with E-state index in [1.54, 1.807) is 18.2 Å². The van der Waals surface area contributed by atoms with Gasteiger partial charge in [-0.05, 0) is 18.6 Å². The molecule has 0 bridgehead atoms. The molecule has 3 N–H and O–H groups in total. The zero-order valence-electron chi connectivity index (χ0n) is 8.56. The molecule has 0 saturated heterocycles. The van der Waals surface area contributed by atoms with Crippen molar-refractivity contribution < 1.29 is 23.8 Å². The molecule has 0 heterocycles. The highest BCUT2D eigenvalue weighted by Crippen LogP contribution is 2.42. The summed E-state index contributed by atoms with van der Waals surface area (Å²) in [6.07, 6.45) is -0.431. The van der Waals surface area contributed by atoms with Gasteiger partial charge >= 0.3 is 7.60 Å². The van der Waals surface area contributed by atoms with Crippen molar-refractivity contribution in [3.63, 3.8) is 0 Å². The number of rotatable bonds is 5. The lowest BCUT2D eigenvalue weighted by Crippen LogP contribution is -2.07. The summed E-state index contributed by atoms with van der Waals surface area (Å²) in [5, 5.41) is 0.320. The summed E-state index contributed by atoms with van der Waals surface area (Å²) in [5.74, 6) is 0. The van der Waals surface area contributed by atoms with E-state index in [4.69, 9.17) is 9.79 Å². The Morgan fingerprint density at radius 3 is 2.00 bits per heavy atom. The second kappa shape index (κ2) is 5.26. The van der Waals surface area contributed by atoms with Crippen LogP contribution in [0.1, 0.15) is 6.42 Å². The highest BCUT2D eigenvalue weighted by Gasteiger charge is 2.22. The number of benzene rings is 1. The van der Waals surface area contributed by atoms with Crippen molar-refractivity contribution >= 4 is 20.3 Å². The van der Waals surface area contributed by atoms with Crippen molar-refractivity contribution in [3.8, 4) is 0 Å².